The maximum Gasteiger partial charge on any atom is 0.130 e. The molecule has 0 spiro atoms. The molecule has 0 fully saturated rings. The van der Waals surface area contributed by atoms with E-state index in [0.717, 1.165) is 27.1 Å². The molecule has 0 aliphatic rings. The highest BCUT2D eigenvalue weighted by molar-refractivity contribution is 9.10. The summed E-state index contributed by atoms with van der Waals surface area (Å²) in [7, 11) is 3.28. The Labute approximate surface area is 109 Å². The number of halogens is 1. The molecule has 1 aromatic heterocycles. The number of pyridine rings is 1. The van der Waals surface area contributed by atoms with Crippen molar-refractivity contribution in [3.05, 3.63) is 41.1 Å². The molecule has 0 atom stereocenters. The lowest BCUT2D eigenvalue weighted by molar-refractivity contribution is 0.395. The fraction of sp³-hybridized carbons (Fsp3) is 0.154. The zero-order valence-electron chi connectivity index (χ0n) is 9.61. The van der Waals surface area contributed by atoms with E-state index in [0.29, 0.717) is 0 Å². The van der Waals surface area contributed by atoms with Gasteiger partial charge in [0.2, 0.25) is 0 Å². The van der Waals surface area contributed by atoms with Crippen molar-refractivity contribution in [1.82, 2.24) is 4.98 Å². The number of benzene rings is 1. The normalized spacial score (nSPS) is 10.1. The molecular weight excluding hydrogens is 282 g/mol. The van der Waals surface area contributed by atoms with Crippen LogP contribution in [0.2, 0.25) is 0 Å². The van der Waals surface area contributed by atoms with E-state index in [9.17, 15) is 0 Å². The fourth-order valence-electron chi connectivity index (χ4n) is 1.61. The summed E-state index contributed by atoms with van der Waals surface area (Å²) < 4.78 is 11.5. The van der Waals surface area contributed by atoms with Gasteiger partial charge in [0.05, 0.1) is 14.2 Å². The minimum atomic E-state index is 0.774. The standard InChI is InChI=1S/C13H12BrNO2/c1-16-9-3-4-11(13(7-9)17-2)10-5-6-15-8-12(10)14/h3-8H,1-2H3. The van der Waals surface area contributed by atoms with Gasteiger partial charge in [0.1, 0.15) is 11.5 Å². The van der Waals surface area contributed by atoms with Crippen LogP contribution in [0.4, 0.5) is 0 Å². The van der Waals surface area contributed by atoms with E-state index in [1.165, 1.54) is 0 Å². The third-order valence-electron chi connectivity index (χ3n) is 2.47. The summed E-state index contributed by atoms with van der Waals surface area (Å²) in [6.07, 6.45) is 3.52. The Balaban J connectivity index is 2.56. The molecule has 1 aromatic carbocycles. The van der Waals surface area contributed by atoms with Crippen LogP contribution in [0.25, 0.3) is 11.1 Å². The molecule has 0 saturated carbocycles. The Hall–Kier alpha value is -1.55. The first kappa shape index (κ1) is 11.9. The third kappa shape index (κ3) is 2.42. The minimum Gasteiger partial charge on any atom is -0.497 e. The van der Waals surface area contributed by atoms with Crippen LogP contribution in [0.15, 0.2) is 41.1 Å². The maximum absolute atomic E-state index is 5.38. The second-order valence-electron chi connectivity index (χ2n) is 3.42. The van der Waals surface area contributed by atoms with Gasteiger partial charge in [-0.25, -0.2) is 0 Å². The smallest absolute Gasteiger partial charge is 0.130 e. The first-order valence-electron chi connectivity index (χ1n) is 5.08. The van der Waals surface area contributed by atoms with E-state index in [1.807, 2.05) is 24.3 Å². The van der Waals surface area contributed by atoms with Crippen LogP contribution in [-0.4, -0.2) is 19.2 Å². The van der Waals surface area contributed by atoms with Gasteiger partial charge >= 0.3 is 0 Å². The Kier molecular flexibility index (Phi) is 3.64. The van der Waals surface area contributed by atoms with Gasteiger partial charge < -0.3 is 9.47 Å². The second-order valence-corrected chi connectivity index (χ2v) is 4.28. The lowest BCUT2D eigenvalue weighted by Crippen LogP contribution is -1.91. The summed E-state index contributed by atoms with van der Waals surface area (Å²) in [6.45, 7) is 0. The van der Waals surface area contributed by atoms with E-state index >= 15 is 0 Å². The second kappa shape index (κ2) is 5.19. The molecule has 2 aromatic rings. The summed E-state index contributed by atoms with van der Waals surface area (Å²) in [4.78, 5) is 4.05. The predicted octanol–water partition coefficient (Wildman–Crippen LogP) is 3.53. The van der Waals surface area contributed by atoms with Crippen LogP contribution >= 0.6 is 15.9 Å². The molecule has 4 heteroatoms. The lowest BCUT2D eigenvalue weighted by Gasteiger charge is -2.11. The number of rotatable bonds is 3. The quantitative estimate of drug-likeness (QED) is 0.868. The van der Waals surface area contributed by atoms with Crippen molar-refractivity contribution in [1.29, 1.82) is 0 Å². The molecule has 1 heterocycles. The Morgan fingerprint density at radius 2 is 1.88 bits per heavy atom. The van der Waals surface area contributed by atoms with Crippen molar-refractivity contribution in [2.45, 2.75) is 0 Å². The molecule has 0 N–H and O–H groups in total. The monoisotopic (exact) mass is 293 g/mol. The fourth-order valence-corrected chi connectivity index (χ4v) is 2.08. The van der Waals surface area contributed by atoms with Crippen LogP contribution < -0.4 is 9.47 Å². The number of nitrogens with zero attached hydrogens (tertiary/aromatic N) is 1. The molecular formula is C13H12BrNO2. The molecule has 0 aliphatic heterocycles. The highest BCUT2D eigenvalue weighted by atomic mass is 79.9. The molecule has 3 nitrogen and oxygen atoms in total. The first-order chi connectivity index (χ1) is 8.26. The van der Waals surface area contributed by atoms with Crippen molar-refractivity contribution in [3.63, 3.8) is 0 Å². The van der Waals surface area contributed by atoms with E-state index in [4.69, 9.17) is 9.47 Å². The topological polar surface area (TPSA) is 31.4 Å². The van der Waals surface area contributed by atoms with Crippen LogP contribution in [0, 0.1) is 0 Å². The Morgan fingerprint density at radius 1 is 1.06 bits per heavy atom. The van der Waals surface area contributed by atoms with Crippen LogP contribution in [-0.2, 0) is 0 Å². The largest absolute Gasteiger partial charge is 0.497 e. The van der Waals surface area contributed by atoms with Gasteiger partial charge in [0, 0.05) is 34.1 Å². The lowest BCUT2D eigenvalue weighted by atomic mass is 10.1. The summed E-state index contributed by atoms with van der Waals surface area (Å²) in [5.41, 5.74) is 2.04. The summed E-state index contributed by atoms with van der Waals surface area (Å²) in [5, 5.41) is 0. The molecule has 0 unspecified atom stereocenters. The van der Waals surface area contributed by atoms with Crippen molar-refractivity contribution >= 4 is 15.9 Å². The Morgan fingerprint density at radius 3 is 2.53 bits per heavy atom. The average Bonchev–Trinajstić information content (AvgIpc) is 2.38. The summed E-state index contributed by atoms with van der Waals surface area (Å²) in [6, 6.07) is 7.68. The number of hydrogen-bond donors (Lipinski definition) is 0. The van der Waals surface area contributed by atoms with Crippen molar-refractivity contribution in [2.24, 2.45) is 0 Å². The highest BCUT2D eigenvalue weighted by Crippen LogP contribution is 2.36. The van der Waals surface area contributed by atoms with Gasteiger partial charge in [0.15, 0.2) is 0 Å². The van der Waals surface area contributed by atoms with E-state index in [-0.39, 0.29) is 0 Å². The van der Waals surface area contributed by atoms with Crippen LogP contribution in [0.3, 0.4) is 0 Å². The van der Waals surface area contributed by atoms with Crippen LogP contribution in [0.5, 0.6) is 11.5 Å². The van der Waals surface area contributed by atoms with Gasteiger partial charge in [-0.3, -0.25) is 4.98 Å². The van der Waals surface area contributed by atoms with E-state index in [1.54, 1.807) is 26.6 Å². The molecule has 2 rings (SSSR count). The predicted molar refractivity (Wildman–Crippen MR) is 70.5 cm³/mol. The first-order valence-corrected chi connectivity index (χ1v) is 5.87. The third-order valence-corrected chi connectivity index (χ3v) is 3.10. The molecule has 0 saturated heterocycles. The summed E-state index contributed by atoms with van der Waals surface area (Å²) in [5.74, 6) is 1.55. The van der Waals surface area contributed by atoms with Crippen molar-refractivity contribution in [2.75, 3.05) is 14.2 Å². The van der Waals surface area contributed by atoms with Gasteiger partial charge in [-0.05, 0) is 34.1 Å². The molecule has 17 heavy (non-hydrogen) atoms. The average molecular weight is 294 g/mol. The van der Waals surface area contributed by atoms with Crippen LogP contribution in [0.1, 0.15) is 0 Å². The molecule has 0 bridgehead atoms. The molecule has 0 aliphatic carbocycles. The minimum absolute atomic E-state index is 0.774. The molecule has 0 radical (unpaired) electrons. The van der Waals surface area contributed by atoms with Gasteiger partial charge in [-0.1, -0.05) is 0 Å². The number of aromatic nitrogens is 1. The van der Waals surface area contributed by atoms with Crippen molar-refractivity contribution < 1.29 is 9.47 Å². The van der Waals surface area contributed by atoms with Gasteiger partial charge in [-0.15, -0.1) is 0 Å². The van der Waals surface area contributed by atoms with E-state index < -0.39 is 0 Å². The zero-order chi connectivity index (χ0) is 12.3. The SMILES string of the molecule is COc1ccc(-c2ccncc2Br)c(OC)c1. The Bertz CT molecular complexity index is 529. The zero-order valence-corrected chi connectivity index (χ0v) is 11.2. The number of hydrogen-bond acceptors (Lipinski definition) is 3. The van der Waals surface area contributed by atoms with Crippen molar-refractivity contribution in [3.8, 4) is 22.6 Å². The van der Waals surface area contributed by atoms with Gasteiger partial charge in [0.25, 0.3) is 0 Å². The molecule has 88 valence electrons. The van der Waals surface area contributed by atoms with E-state index in [2.05, 4.69) is 20.9 Å². The summed E-state index contributed by atoms with van der Waals surface area (Å²) >= 11 is 3.48. The van der Waals surface area contributed by atoms with Gasteiger partial charge in [-0.2, -0.15) is 0 Å². The number of methoxy groups -OCH3 is 2. The highest BCUT2D eigenvalue weighted by Gasteiger charge is 2.10. The number of ether oxygens (including phenoxy) is 2. The maximum atomic E-state index is 5.38. The molecule has 0 amide bonds.